The molecule has 3 aromatic rings. The summed E-state index contributed by atoms with van der Waals surface area (Å²) in [6, 6.07) is 18.0. The monoisotopic (exact) mass is 348 g/mol. The number of fused-ring (bicyclic) bond motifs is 1. The van der Waals surface area contributed by atoms with Crippen molar-refractivity contribution in [2.75, 3.05) is 26.2 Å². The van der Waals surface area contributed by atoms with Crippen LogP contribution in [0.3, 0.4) is 0 Å². The highest BCUT2D eigenvalue weighted by Gasteiger charge is 2.18. The first-order valence-electron chi connectivity index (χ1n) is 9.19. The quantitative estimate of drug-likeness (QED) is 0.724. The lowest BCUT2D eigenvalue weighted by Crippen LogP contribution is -2.45. The molecule has 0 spiro atoms. The van der Waals surface area contributed by atoms with E-state index in [0.717, 1.165) is 44.0 Å². The minimum Gasteiger partial charge on any atom is -0.459 e. The van der Waals surface area contributed by atoms with Crippen LogP contribution in [-0.4, -0.2) is 36.0 Å². The second kappa shape index (κ2) is 7.44. The highest BCUT2D eigenvalue weighted by atomic mass is 16.3. The molecule has 1 aromatic heterocycles. The van der Waals surface area contributed by atoms with Gasteiger partial charge in [-0.1, -0.05) is 42.0 Å². The Labute approximate surface area is 153 Å². The van der Waals surface area contributed by atoms with Crippen LogP contribution in [0.15, 0.2) is 63.8 Å². The summed E-state index contributed by atoms with van der Waals surface area (Å²) < 4.78 is 5.97. The van der Waals surface area contributed by atoms with Crippen LogP contribution in [0, 0.1) is 6.92 Å². The van der Waals surface area contributed by atoms with Crippen molar-refractivity contribution in [3.05, 3.63) is 81.7 Å². The van der Waals surface area contributed by atoms with Crippen molar-refractivity contribution in [2.45, 2.75) is 20.0 Å². The van der Waals surface area contributed by atoms with Gasteiger partial charge in [-0.15, -0.1) is 0 Å². The fourth-order valence-corrected chi connectivity index (χ4v) is 3.57. The van der Waals surface area contributed by atoms with Crippen LogP contribution in [-0.2, 0) is 13.1 Å². The van der Waals surface area contributed by atoms with E-state index in [1.54, 1.807) is 6.07 Å². The molecule has 26 heavy (non-hydrogen) atoms. The molecule has 2 heterocycles. The smallest absolute Gasteiger partial charge is 0.193 e. The summed E-state index contributed by atoms with van der Waals surface area (Å²) in [4.78, 5) is 17.2. The van der Waals surface area contributed by atoms with Gasteiger partial charge < -0.3 is 4.42 Å². The molecule has 1 fully saturated rings. The molecule has 134 valence electrons. The first-order chi connectivity index (χ1) is 12.7. The number of benzene rings is 2. The van der Waals surface area contributed by atoms with Crippen molar-refractivity contribution in [2.24, 2.45) is 0 Å². The molecule has 0 aliphatic carbocycles. The van der Waals surface area contributed by atoms with Crippen LogP contribution in [0.5, 0.6) is 0 Å². The number of hydrogen-bond donors (Lipinski definition) is 0. The van der Waals surface area contributed by atoms with E-state index in [4.69, 9.17) is 4.42 Å². The molecule has 0 unspecified atom stereocenters. The van der Waals surface area contributed by atoms with Gasteiger partial charge in [0.1, 0.15) is 11.3 Å². The predicted molar refractivity (Wildman–Crippen MR) is 104 cm³/mol. The second-order valence-electron chi connectivity index (χ2n) is 7.11. The number of hydrogen-bond acceptors (Lipinski definition) is 4. The molecular weight excluding hydrogens is 324 g/mol. The summed E-state index contributed by atoms with van der Waals surface area (Å²) in [5, 5.41) is 0.668. The topological polar surface area (TPSA) is 36.7 Å². The predicted octanol–water partition coefficient (Wildman–Crippen LogP) is 3.42. The SMILES string of the molecule is Cc1ccc2oc(CN3CCN(Cc4ccccc4)CC3)cc(=O)c2c1. The lowest BCUT2D eigenvalue weighted by molar-refractivity contribution is 0.116. The minimum absolute atomic E-state index is 0.0488. The molecule has 0 radical (unpaired) electrons. The molecule has 4 nitrogen and oxygen atoms in total. The maximum absolute atomic E-state index is 12.4. The molecule has 1 aliphatic heterocycles. The number of nitrogens with zero attached hydrogens (tertiary/aromatic N) is 2. The molecule has 1 aliphatic rings. The molecule has 0 amide bonds. The van der Waals surface area contributed by atoms with E-state index >= 15 is 0 Å². The number of aryl methyl sites for hydroxylation is 1. The third-order valence-corrected chi connectivity index (χ3v) is 5.03. The van der Waals surface area contributed by atoms with Gasteiger partial charge in [-0.25, -0.2) is 0 Å². The maximum atomic E-state index is 12.4. The third-order valence-electron chi connectivity index (χ3n) is 5.03. The van der Waals surface area contributed by atoms with Gasteiger partial charge in [0, 0.05) is 38.8 Å². The third kappa shape index (κ3) is 3.87. The average Bonchev–Trinajstić information content (AvgIpc) is 2.65. The van der Waals surface area contributed by atoms with Gasteiger partial charge in [0.25, 0.3) is 0 Å². The second-order valence-corrected chi connectivity index (χ2v) is 7.11. The van der Waals surface area contributed by atoms with Crippen molar-refractivity contribution in [1.82, 2.24) is 9.80 Å². The Bertz CT molecular complexity index is 941. The molecule has 0 N–H and O–H groups in total. The Balaban J connectivity index is 1.39. The zero-order chi connectivity index (χ0) is 17.9. The number of rotatable bonds is 4. The molecule has 0 saturated carbocycles. The Kier molecular flexibility index (Phi) is 4.87. The van der Waals surface area contributed by atoms with Gasteiger partial charge in [-0.2, -0.15) is 0 Å². The van der Waals surface area contributed by atoms with Crippen molar-refractivity contribution >= 4 is 11.0 Å². The van der Waals surface area contributed by atoms with E-state index in [-0.39, 0.29) is 5.43 Å². The van der Waals surface area contributed by atoms with Crippen LogP contribution >= 0.6 is 0 Å². The fraction of sp³-hybridized carbons (Fsp3) is 0.318. The average molecular weight is 348 g/mol. The van der Waals surface area contributed by atoms with E-state index in [0.29, 0.717) is 17.5 Å². The van der Waals surface area contributed by atoms with Crippen molar-refractivity contribution in [3.8, 4) is 0 Å². The van der Waals surface area contributed by atoms with Gasteiger partial charge in [-0.05, 0) is 24.6 Å². The van der Waals surface area contributed by atoms with Crippen LogP contribution in [0.25, 0.3) is 11.0 Å². The van der Waals surface area contributed by atoms with Gasteiger partial charge >= 0.3 is 0 Å². The van der Waals surface area contributed by atoms with E-state index in [9.17, 15) is 4.79 Å². The fourth-order valence-electron chi connectivity index (χ4n) is 3.57. The molecule has 1 saturated heterocycles. The Morgan fingerprint density at radius 2 is 1.58 bits per heavy atom. The van der Waals surface area contributed by atoms with Crippen LogP contribution < -0.4 is 5.43 Å². The molecule has 2 aromatic carbocycles. The lowest BCUT2D eigenvalue weighted by atomic mass is 10.1. The number of piperazine rings is 1. The summed E-state index contributed by atoms with van der Waals surface area (Å²) in [7, 11) is 0. The standard InChI is InChI=1S/C22H24N2O2/c1-17-7-8-22-20(13-17)21(25)14-19(26-22)16-24-11-9-23(10-12-24)15-18-5-3-2-4-6-18/h2-8,13-14H,9-12,15-16H2,1H3. The zero-order valence-corrected chi connectivity index (χ0v) is 15.1. The Hall–Kier alpha value is -2.43. The summed E-state index contributed by atoms with van der Waals surface area (Å²) in [6.45, 7) is 7.72. The van der Waals surface area contributed by atoms with Crippen molar-refractivity contribution in [1.29, 1.82) is 0 Å². The normalized spacial score (nSPS) is 16.2. The molecule has 4 heteroatoms. The summed E-state index contributed by atoms with van der Waals surface area (Å²) in [5.41, 5.74) is 3.16. The highest BCUT2D eigenvalue weighted by Crippen LogP contribution is 2.16. The lowest BCUT2D eigenvalue weighted by Gasteiger charge is -2.34. The first kappa shape index (κ1) is 17.0. The van der Waals surface area contributed by atoms with E-state index in [2.05, 4.69) is 40.1 Å². The summed E-state index contributed by atoms with van der Waals surface area (Å²) >= 11 is 0. The summed E-state index contributed by atoms with van der Waals surface area (Å²) in [5.74, 6) is 0.753. The van der Waals surface area contributed by atoms with Crippen LogP contribution in [0.1, 0.15) is 16.9 Å². The zero-order valence-electron chi connectivity index (χ0n) is 15.1. The largest absolute Gasteiger partial charge is 0.459 e. The van der Waals surface area contributed by atoms with Gasteiger partial charge in [0.15, 0.2) is 5.43 Å². The molecular formula is C22H24N2O2. The van der Waals surface area contributed by atoms with E-state index in [1.165, 1.54) is 5.56 Å². The van der Waals surface area contributed by atoms with Crippen LogP contribution in [0.2, 0.25) is 0 Å². The van der Waals surface area contributed by atoms with Crippen molar-refractivity contribution < 1.29 is 4.42 Å². The van der Waals surface area contributed by atoms with Crippen LogP contribution in [0.4, 0.5) is 0 Å². The van der Waals surface area contributed by atoms with E-state index < -0.39 is 0 Å². The first-order valence-corrected chi connectivity index (χ1v) is 9.19. The molecule has 0 bridgehead atoms. The molecule has 0 atom stereocenters. The summed E-state index contributed by atoms with van der Waals surface area (Å²) in [6.07, 6.45) is 0. The molecule has 4 rings (SSSR count). The van der Waals surface area contributed by atoms with Gasteiger partial charge in [0.2, 0.25) is 0 Å². The van der Waals surface area contributed by atoms with E-state index in [1.807, 2.05) is 25.1 Å². The highest BCUT2D eigenvalue weighted by molar-refractivity contribution is 5.77. The Morgan fingerprint density at radius 3 is 2.31 bits per heavy atom. The maximum Gasteiger partial charge on any atom is 0.193 e. The van der Waals surface area contributed by atoms with Crippen molar-refractivity contribution in [3.63, 3.8) is 0 Å². The van der Waals surface area contributed by atoms with Gasteiger partial charge in [0.05, 0.1) is 11.9 Å². The Morgan fingerprint density at radius 1 is 0.885 bits per heavy atom. The van der Waals surface area contributed by atoms with Gasteiger partial charge in [-0.3, -0.25) is 14.6 Å². The minimum atomic E-state index is 0.0488.